The lowest BCUT2D eigenvalue weighted by molar-refractivity contribution is 0.515. The first kappa shape index (κ1) is 10.4. The zero-order chi connectivity index (χ0) is 8.81. The molecule has 72 valence electrons. The van der Waals surface area contributed by atoms with Crippen LogP contribution in [-0.2, 0) is 0 Å². The molecule has 0 aromatic heterocycles. The highest BCUT2D eigenvalue weighted by Gasteiger charge is 2.13. The zero-order valence-corrected chi connectivity index (χ0v) is 8.91. The highest BCUT2D eigenvalue weighted by atomic mass is 32.2. The van der Waals surface area contributed by atoms with Crippen molar-refractivity contribution in [3.63, 3.8) is 0 Å². The topological polar surface area (TPSA) is 26.0 Å². The van der Waals surface area contributed by atoms with Crippen molar-refractivity contribution in [1.29, 1.82) is 0 Å². The Morgan fingerprint density at radius 1 is 1.33 bits per heavy atom. The normalized spacial score (nSPS) is 22.5. The summed E-state index contributed by atoms with van der Waals surface area (Å²) in [6.45, 7) is 2.10. The van der Waals surface area contributed by atoms with Gasteiger partial charge in [-0.15, -0.1) is 0 Å². The Bertz CT molecular complexity index is 108. The third kappa shape index (κ3) is 4.36. The summed E-state index contributed by atoms with van der Waals surface area (Å²) in [6, 6.07) is 0.390. The molecular formula is C10H21NS. The van der Waals surface area contributed by atoms with Crippen LogP contribution in [0, 0.1) is 0 Å². The SMILES string of the molecule is CC(N)CCSC1CCCCC1. The van der Waals surface area contributed by atoms with Crippen molar-refractivity contribution in [3.8, 4) is 0 Å². The Balaban J connectivity index is 1.98. The van der Waals surface area contributed by atoms with Crippen molar-refractivity contribution in [3.05, 3.63) is 0 Å². The Kier molecular flexibility index (Phi) is 5.08. The first-order chi connectivity index (χ1) is 5.79. The van der Waals surface area contributed by atoms with Crippen molar-refractivity contribution < 1.29 is 0 Å². The van der Waals surface area contributed by atoms with E-state index in [1.54, 1.807) is 0 Å². The summed E-state index contributed by atoms with van der Waals surface area (Å²) in [4.78, 5) is 0. The van der Waals surface area contributed by atoms with Crippen molar-refractivity contribution in [2.24, 2.45) is 5.73 Å². The minimum absolute atomic E-state index is 0.390. The van der Waals surface area contributed by atoms with Crippen molar-refractivity contribution in [2.75, 3.05) is 5.75 Å². The van der Waals surface area contributed by atoms with Crippen LogP contribution in [0.5, 0.6) is 0 Å². The van der Waals surface area contributed by atoms with Gasteiger partial charge in [-0.25, -0.2) is 0 Å². The number of nitrogens with two attached hydrogens (primary N) is 1. The van der Waals surface area contributed by atoms with E-state index >= 15 is 0 Å². The van der Waals surface area contributed by atoms with Gasteiger partial charge in [0, 0.05) is 11.3 Å². The fourth-order valence-electron chi connectivity index (χ4n) is 1.65. The smallest absolute Gasteiger partial charge is 0.00470 e. The highest BCUT2D eigenvalue weighted by molar-refractivity contribution is 7.99. The number of rotatable bonds is 4. The van der Waals surface area contributed by atoms with Crippen LogP contribution in [0.2, 0.25) is 0 Å². The maximum absolute atomic E-state index is 5.69. The molecule has 0 amide bonds. The Morgan fingerprint density at radius 3 is 2.58 bits per heavy atom. The third-order valence-electron chi connectivity index (χ3n) is 2.48. The van der Waals surface area contributed by atoms with Gasteiger partial charge in [0.2, 0.25) is 0 Å². The van der Waals surface area contributed by atoms with E-state index in [0.717, 1.165) is 5.25 Å². The summed E-state index contributed by atoms with van der Waals surface area (Å²) in [5, 5.41) is 0.956. The molecule has 1 aliphatic carbocycles. The Labute approximate surface area is 80.5 Å². The van der Waals surface area contributed by atoms with Crippen LogP contribution in [-0.4, -0.2) is 17.0 Å². The van der Waals surface area contributed by atoms with Gasteiger partial charge < -0.3 is 5.73 Å². The fourth-order valence-corrected chi connectivity index (χ4v) is 3.16. The average Bonchev–Trinajstić information content (AvgIpc) is 2.05. The molecule has 0 aliphatic heterocycles. The number of hydrogen-bond donors (Lipinski definition) is 1. The first-order valence-electron chi connectivity index (χ1n) is 5.16. The quantitative estimate of drug-likeness (QED) is 0.732. The van der Waals surface area contributed by atoms with E-state index in [-0.39, 0.29) is 0 Å². The summed E-state index contributed by atoms with van der Waals surface area (Å²) in [5.41, 5.74) is 5.69. The van der Waals surface area contributed by atoms with Crippen LogP contribution in [0.3, 0.4) is 0 Å². The maximum atomic E-state index is 5.69. The average molecular weight is 187 g/mol. The summed E-state index contributed by atoms with van der Waals surface area (Å²) in [6.07, 6.45) is 8.45. The minimum Gasteiger partial charge on any atom is -0.328 e. The molecule has 12 heavy (non-hydrogen) atoms. The van der Waals surface area contributed by atoms with Crippen LogP contribution < -0.4 is 5.73 Å². The molecule has 1 saturated carbocycles. The van der Waals surface area contributed by atoms with Gasteiger partial charge in [-0.3, -0.25) is 0 Å². The van der Waals surface area contributed by atoms with E-state index in [4.69, 9.17) is 5.73 Å². The molecular weight excluding hydrogens is 166 g/mol. The predicted octanol–water partition coefficient (Wildman–Crippen LogP) is 2.79. The van der Waals surface area contributed by atoms with E-state index in [0.29, 0.717) is 6.04 Å². The second-order valence-corrected chi connectivity index (χ2v) is 5.31. The number of thioether (sulfide) groups is 1. The lowest BCUT2D eigenvalue weighted by atomic mass is 10.0. The number of hydrogen-bond acceptors (Lipinski definition) is 2. The molecule has 0 heterocycles. The van der Waals surface area contributed by atoms with Crippen LogP contribution in [0.15, 0.2) is 0 Å². The second kappa shape index (κ2) is 5.87. The van der Waals surface area contributed by atoms with E-state index < -0.39 is 0 Å². The molecule has 1 fully saturated rings. The Hall–Kier alpha value is 0.310. The molecule has 1 rings (SSSR count). The van der Waals surface area contributed by atoms with Crippen LogP contribution in [0.25, 0.3) is 0 Å². The summed E-state index contributed by atoms with van der Waals surface area (Å²) < 4.78 is 0. The fraction of sp³-hybridized carbons (Fsp3) is 1.00. The van der Waals surface area contributed by atoms with Gasteiger partial charge in [0.25, 0.3) is 0 Å². The zero-order valence-electron chi connectivity index (χ0n) is 8.09. The molecule has 0 bridgehead atoms. The molecule has 0 aromatic carbocycles. The largest absolute Gasteiger partial charge is 0.328 e. The molecule has 0 saturated heterocycles. The summed E-state index contributed by atoms with van der Waals surface area (Å²) in [7, 11) is 0. The van der Waals surface area contributed by atoms with Gasteiger partial charge in [0.05, 0.1) is 0 Å². The predicted molar refractivity (Wildman–Crippen MR) is 57.6 cm³/mol. The molecule has 0 spiro atoms. The third-order valence-corrected chi connectivity index (χ3v) is 3.89. The molecule has 1 atom stereocenters. The van der Waals surface area contributed by atoms with Gasteiger partial charge in [-0.05, 0) is 31.9 Å². The van der Waals surface area contributed by atoms with Crippen molar-refractivity contribution in [2.45, 2.75) is 56.7 Å². The van der Waals surface area contributed by atoms with Gasteiger partial charge in [-0.1, -0.05) is 19.3 Å². The standard InChI is InChI=1S/C10H21NS/c1-9(11)7-8-12-10-5-3-2-4-6-10/h9-10H,2-8,11H2,1H3. The minimum atomic E-state index is 0.390. The highest BCUT2D eigenvalue weighted by Crippen LogP contribution is 2.28. The van der Waals surface area contributed by atoms with Crippen molar-refractivity contribution >= 4 is 11.8 Å². The lowest BCUT2D eigenvalue weighted by Gasteiger charge is -2.21. The summed E-state index contributed by atoms with van der Waals surface area (Å²) >= 11 is 2.15. The van der Waals surface area contributed by atoms with Gasteiger partial charge >= 0.3 is 0 Å². The maximum Gasteiger partial charge on any atom is 0.00470 e. The van der Waals surface area contributed by atoms with Crippen LogP contribution in [0.1, 0.15) is 45.4 Å². The van der Waals surface area contributed by atoms with Crippen molar-refractivity contribution in [1.82, 2.24) is 0 Å². The molecule has 1 nitrogen and oxygen atoms in total. The lowest BCUT2D eigenvalue weighted by Crippen LogP contribution is -2.17. The van der Waals surface area contributed by atoms with E-state index in [1.807, 2.05) is 0 Å². The summed E-state index contributed by atoms with van der Waals surface area (Å²) in [5.74, 6) is 1.27. The molecule has 1 aliphatic rings. The monoisotopic (exact) mass is 187 g/mol. The molecule has 2 N–H and O–H groups in total. The molecule has 0 aromatic rings. The first-order valence-corrected chi connectivity index (χ1v) is 6.21. The molecule has 1 unspecified atom stereocenters. The van der Waals surface area contributed by atoms with Gasteiger partial charge in [0.15, 0.2) is 0 Å². The van der Waals surface area contributed by atoms with Crippen LogP contribution >= 0.6 is 11.8 Å². The Morgan fingerprint density at radius 2 is 2.00 bits per heavy atom. The van der Waals surface area contributed by atoms with E-state index in [9.17, 15) is 0 Å². The van der Waals surface area contributed by atoms with Crippen LogP contribution in [0.4, 0.5) is 0 Å². The molecule has 2 heteroatoms. The van der Waals surface area contributed by atoms with Gasteiger partial charge in [-0.2, -0.15) is 11.8 Å². The van der Waals surface area contributed by atoms with Gasteiger partial charge in [0.1, 0.15) is 0 Å². The van der Waals surface area contributed by atoms with E-state index in [2.05, 4.69) is 18.7 Å². The van der Waals surface area contributed by atoms with E-state index in [1.165, 1.54) is 44.3 Å². The second-order valence-electron chi connectivity index (χ2n) is 3.90. The molecule has 0 radical (unpaired) electrons.